The Kier molecular flexibility index (Phi) is 5.70. The molecule has 3 N–H and O–H groups in total. The lowest BCUT2D eigenvalue weighted by Crippen LogP contribution is -2.36. The Labute approximate surface area is 133 Å². The molecule has 0 aliphatic carbocycles. The minimum Gasteiger partial charge on any atom is -0.368 e. The smallest absolute Gasteiger partial charge is 0.244 e. The number of carbonyl (C=O) groups excluding carboxylic acids is 2. The first-order valence-electron chi connectivity index (χ1n) is 6.69. The summed E-state index contributed by atoms with van der Waals surface area (Å²) in [6, 6.07) is 5.85. The fourth-order valence-electron chi connectivity index (χ4n) is 2.12. The fraction of sp³-hybridized carbons (Fsp3) is 0.333. The van der Waals surface area contributed by atoms with Gasteiger partial charge in [0.2, 0.25) is 11.8 Å². The number of rotatable bonds is 4. The van der Waals surface area contributed by atoms with Crippen molar-refractivity contribution in [2.45, 2.75) is 18.9 Å². The Morgan fingerprint density at radius 3 is 2.43 bits per heavy atom. The summed E-state index contributed by atoms with van der Waals surface area (Å²) in [6.45, 7) is 0. The molecule has 1 aromatic rings. The zero-order chi connectivity index (χ0) is 15.2. The highest BCUT2D eigenvalue weighted by atomic mass is 35.5. The van der Waals surface area contributed by atoms with Gasteiger partial charge in [0.25, 0.3) is 0 Å². The Morgan fingerprint density at radius 2 is 1.86 bits per heavy atom. The summed E-state index contributed by atoms with van der Waals surface area (Å²) < 4.78 is 0. The van der Waals surface area contributed by atoms with Crippen LogP contribution in [-0.2, 0) is 9.59 Å². The Bertz CT molecular complexity index is 549. The Balaban J connectivity index is 2.07. The molecular weight excluding hydrogens is 308 g/mol. The number of nitrogens with two attached hydrogens (primary N) is 1. The van der Waals surface area contributed by atoms with Gasteiger partial charge in [0.1, 0.15) is 6.04 Å². The lowest BCUT2D eigenvalue weighted by molar-refractivity contribution is -0.125. The number of benzene rings is 1. The Morgan fingerprint density at radius 1 is 1.24 bits per heavy atom. The summed E-state index contributed by atoms with van der Waals surface area (Å²) >= 11 is 7.70. The standard InChI is InChI=1S/C15H17ClN2O2S/c16-12-3-1-11(2-4-12)14(15(17)20)18-13(19)9-10-5-7-21-8-6-10/h1-4,9,14H,5-8H2,(H2,17,20)(H,18,19). The minimum absolute atomic E-state index is 0.282. The first kappa shape index (κ1) is 15.9. The van der Waals surface area contributed by atoms with Crippen molar-refractivity contribution in [1.82, 2.24) is 5.32 Å². The van der Waals surface area contributed by atoms with Gasteiger partial charge in [-0.05, 0) is 42.0 Å². The molecule has 4 nitrogen and oxygen atoms in total. The number of halogens is 1. The van der Waals surface area contributed by atoms with Crippen LogP contribution in [0.1, 0.15) is 24.4 Å². The van der Waals surface area contributed by atoms with E-state index in [1.165, 1.54) is 0 Å². The van der Waals surface area contributed by atoms with Crippen molar-refractivity contribution in [3.8, 4) is 0 Å². The van der Waals surface area contributed by atoms with Crippen LogP contribution in [0.4, 0.5) is 0 Å². The normalized spacial score (nSPS) is 16.1. The van der Waals surface area contributed by atoms with Gasteiger partial charge in [-0.2, -0.15) is 11.8 Å². The minimum atomic E-state index is -0.843. The monoisotopic (exact) mass is 324 g/mol. The van der Waals surface area contributed by atoms with Crippen LogP contribution in [0.2, 0.25) is 5.02 Å². The molecule has 0 aromatic heterocycles. The number of primary amides is 1. The van der Waals surface area contributed by atoms with Crippen molar-refractivity contribution >= 4 is 35.2 Å². The second kappa shape index (κ2) is 7.52. The van der Waals surface area contributed by atoms with Crippen molar-refractivity contribution in [2.75, 3.05) is 11.5 Å². The average Bonchev–Trinajstić information content (AvgIpc) is 2.47. The third kappa shape index (κ3) is 4.79. The van der Waals surface area contributed by atoms with Gasteiger partial charge in [0, 0.05) is 11.1 Å². The van der Waals surface area contributed by atoms with Crippen LogP contribution in [0.25, 0.3) is 0 Å². The molecule has 112 valence electrons. The first-order valence-corrected chi connectivity index (χ1v) is 8.22. The molecule has 1 atom stereocenters. The van der Waals surface area contributed by atoms with E-state index in [2.05, 4.69) is 5.32 Å². The molecule has 6 heteroatoms. The molecule has 2 amide bonds. The van der Waals surface area contributed by atoms with Crippen LogP contribution in [0.5, 0.6) is 0 Å². The molecule has 1 unspecified atom stereocenters. The van der Waals surface area contributed by atoms with Gasteiger partial charge >= 0.3 is 0 Å². The van der Waals surface area contributed by atoms with E-state index in [1.807, 2.05) is 11.8 Å². The molecule has 1 aliphatic heterocycles. The van der Waals surface area contributed by atoms with Gasteiger partial charge in [-0.25, -0.2) is 0 Å². The summed E-state index contributed by atoms with van der Waals surface area (Å²) in [5.74, 6) is 1.20. The van der Waals surface area contributed by atoms with Crippen LogP contribution in [0, 0.1) is 0 Å². The van der Waals surface area contributed by atoms with E-state index >= 15 is 0 Å². The summed E-state index contributed by atoms with van der Waals surface area (Å²) in [5.41, 5.74) is 7.12. The Hall–Kier alpha value is -1.46. The van der Waals surface area contributed by atoms with E-state index in [4.69, 9.17) is 17.3 Å². The number of amides is 2. The average molecular weight is 325 g/mol. The number of hydrogen-bond acceptors (Lipinski definition) is 3. The molecule has 1 aromatic carbocycles. The molecule has 1 aliphatic rings. The number of carbonyl (C=O) groups is 2. The van der Waals surface area contributed by atoms with Gasteiger partial charge in [0.15, 0.2) is 0 Å². The molecule has 1 fully saturated rings. The molecular formula is C15H17ClN2O2S. The maximum absolute atomic E-state index is 12.0. The van der Waals surface area contributed by atoms with Gasteiger partial charge in [0.05, 0.1) is 0 Å². The van der Waals surface area contributed by atoms with Gasteiger partial charge in [-0.1, -0.05) is 29.3 Å². The van der Waals surface area contributed by atoms with E-state index < -0.39 is 11.9 Å². The maximum atomic E-state index is 12.0. The van der Waals surface area contributed by atoms with E-state index in [1.54, 1.807) is 30.3 Å². The highest BCUT2D eigenvalue weighted by Crippen LogP contribution is 2.22. The number of hydrogen-bond donors (Lipinski definition) is 2. The van der Waals surface area contributed by atoms with Crippen LogP contribution < -0.4 is 11.1 Å². The summed E-state index contributed by atoms with van der Waals surface area (Å²) in [4.78, 5) is 23.6. The number of nitrogens with one attached hydrogen (secondary N) is 1. The van der Waals surface area contributed by atoms with Gasteiger partial charge < -0.3 is 11.1 Å². The van der Waals surface area contributed by atoms with Crippen molar-refractivity contribution in [1.29, 1.82) is 0 Å². The van der Waals surface area contributed by atoms with Crippen molar-refractivity contribution < 1.29 is 9.59 Å². The SMILES string of the molecule is NC(=O)C(NC(=O)C=C1CCSCC1)c1ccc(Cl)cc1. The highest BCUT2D eigenvalue weighted by Gasteiger charge is 2.19. The molecule has 0 bridgehead atoms. The number of allylic oxidation sites excluding steroid dienone is 1. The van der Waals surface area contributed by atoms with Gasteiger partial charge in [-0.15, -0.1) is 0 Å². The van der Waals surface area contributed by atoms with Crippen molar-refractivity contribution in [3.63, 3.8) is 0 Å². The summed E-state index contributed by atoms with van der Waals surface area (Å²) in [7, 11) is 0. The third-order valence-electron chi connectivity index (χ3n) is 3.24. The number of thioether (sulfide) groups is 1. The second-order valence-electron chi connectivity index (χ2n) is 4.81. The topological polar surface area (TPSA) is 72.2 Å². The molecule has 21 heavy (non-hydrogen) atoms. The molecule has 1 saturated heterocycles. The van der Waals surface area contributed by atoms with Crippen LogP contribution in [0.15, 0.2) is 35.9 Å². The highest BCUT2D eigenvalue weighted by molar-refractivity contribution is 7.99. The predicted molar refractivity (Wildman–Crippen MR) is 86.2 cm³/mol. The second-order valence-corrected chi connectivity index (χ2v) is 6.47. The lowest BCUT2D eigenvalue weighted by atomic mass is 10.1. The quantitative estimate of drug-likeness (QED) is 0.836. The summed E-state index contributed by atoms with van der Waals surface area (Å²) in [5, 5.41) is 3.22. The third-order valence-corrected chi connectivity index (χ3v) is 4.48. The largest absolute Gasteiger partial charge is 0.368 e. The van der Waals surface area contributed by atoms with E-state index in [0.717, 1.165) is 29.9 Å². The van der Waals surface area contributed by atoms with E-state index in [0.29, 0.717) is 10.6 Å². The zero-order valence-corrected chi connectivity index (χ0v) is 13.0. The first-order chi connectivity index (χ1) is 10.1. The molecule has 2 rings (SSSR count). The zero-order valence-electron chi connectivity index (χ0n) is 11.5. The van der Waals surface area contributed by atoms with Crippen LogP contribution in [-0.4, -0.2) is 23.3 Å². The van der Waals surface area contributed by atoms with Crippen LogP contribution >= 0.6 is 23.4 Å². The molecule has 1 heterocycles. The molecule has 0 radical (unpaired) electrons. The van der Waals surface area contributed by atoms with E-state index in [9.17, 15) is 9.59 Å². The fourth-order valence-corrected chi connectivity index (χ4v) is 3.26. The molecule has 0 saturated carbocycles. The predicted octanol–water partition coefficient (Wildman–Crippen LogP) is 2.44. The van der Waals surface area contributed by atoms with E-state index in [-0.39, 0.29) is 5.91 Å². The lowest BCUT2D eigenvalue weighted by Gasteiger charge is -2.17. The van der Waals surface area contributed by atoms with Crippen LogP contribution in [0.3, 0.4) is 0 Å². The van der Waals surface area contributed by atoms with Crippen molar-refractivity contribution in [2.24, 2.45) is 5.73 Å². The summed E-state index contributed by atoms with van der Waals surface area (Å²) in [6.07, 6.45) is 3.42. The van der Waals surface area contributed by atoms with Crippen molar-refractivity contribution in [3.05, 3.63) is 46.5 Å². The molecule has 0 spiro atoms. The van der Waals surface area contributed by atoms with Gasteiger partial charge in [-0.3, -0.25) is 9.59 Å². The maximum Gasteiger partial charge on any atom is 0.244 e.